The largest absolute Gasteiger partial charge is 0.487 e. The Morgan fingerprint density at radius 1 is 1.09 bits per heavy atom. The first kappa shape index (κ1) is 30.8. The SMILES string of the molecule is CCOc1c(Nc2cc(C)[nH]n2)nc(Sc2ccc(CC(=O)C3CCCC3)cc2)nc1N1CCN(C(=O)CCOC)CC1. The second-order valence-corrected chi connectivity index (χ2v) is 12.0. The summed E-state index contributed by atoms with van der Waals surface area (Å²) in [5, 5.41) is 11.2. The number of ether oxygens (including phenoxy) is 2. The molecule has 0 bridgehead atoms. The van der Waals surface area contributed by atoms with Crippen molar-refractivity contribution in [3.05, 3.63) is 41.6 Å². The standard InChI is InChI=1S/C31H41N7O4S/c1-4-42-28-29(32-26-19-21(2)35-36-26)33-31(34-30(28)38-16-14-37(15-17-38)27(40)13-18-41-3)43-24-11-9-22(10-12-24)20-25(39)23-7-5-6-8-23/h9-12,19,23H,4-8,13-18,20H2,1-3H3,(H2,32,33,34,35,36). The minimum absolute atomic E-state index is 0.0927. The highest BCUT2D eigenvalue weighted by Gasteiger charge is 2.27. The number of aromatic amines is 1. The number of hydrogen-bond donors (Lipinski definition) is 2. The zero-order chi connectivity index (χ0) is 30.2. The number of amides is 1. The molecule has 1 saturated carbocycles. The predicted molar refractivity (Wildman–Crippen MR) is 166 cm³/mol. The second kappa shape index (κ2) is 14.7. The van der Waals surface area contributed by atoms with Crippen molar-refractivity contribution in [2.24, 2.45) is 5.92 Å². The van der Waals surface area contributed by atoms with E-state index in [1.165, 1.54) is 11.8 Å². The van der Waals surface area contributed by atoms with E-state index in [2.05, 4.69) is 20.4 Å². The Morgan fingerprint density at radius 3 is 2.49 bits per heavy atom. The molecule has 2 N–H and O–H groups in total. The third-order valence-corrected chi connectivity index (χ3v) is 8.71. The Labute approximate surface area is 257 Å². The summed E-state index contributed by atoms with van der Waals surface area (Å²) in [5.74, 6) is 3.04. The number of anilines is 3. The smallest absolute Gasteiger partial charge is 0.225 e. The highest BCUT2D eigenvalue weighted by molar-refractivity contribution is 7.99. The monoisotopic (exact) mass is 607 g/mol. The van der Waals surface area contributed by atoms with Crippen LogP contribution < -0.4 is 15.0 Å². The van der Waals surface area contributed by atoms with Crippen LogP contribution in [0.1, 0.15) is 50.3 Å². The highest BCUT2D eigenvalue weighted by atomic mass is 32.2. The normalized spacial score (nSPS) is 15.6. The van der Waals surface area contributed by atoms with Gasteiger partial charge in [-0.2, -0.15) is 5.10 Å². The van der Waals surface area contributed by atoms with Gasteiger partial charge in [0.25, 0.3) is 0 Å². The van der Waals surface area contributed by atoms with Crippen molar-refractivity contribution in [1.29, 1.82) is 0 Å². The predicted octanol–water partition coefficient (Wildman–Crippen LogP) is 4.79. The fraction of sp³-hybridized carbons (Fsp3) is 0.516. The molecular formula is C31H41N7O4S. The number of aromatic nitrogens is 4. The van der Waals surface area contributed by atoms with Gasteiger partial charge in [0, 0.05) is 62.3 Å². The summed E-state index contributed by atoms with van der Waals surface area (Å²) in [5.41, 5.74) is 1.95. The van der Waals surface area contributed by atoms with Gasteiger partial charge < -0.3 is 24.6 Å². The molecule has 1 aromatic carbocycles. The van der Waals surface area contributed by atoms with Crippen molar-refractivity contribution in [2.75, 3.05) is 56.7 Å². The van der Waals surface area contributed by atoms with Crippen LogP contribution >= 0.6 is 11.8 Å². The fourth-order valence-corrected chi connectivity index (χ4v) is 6.29. The quantitative estimate of drug-likeness (QED) is 0.262. The van der Waals surface area contributed by atoms with E-state index in [0.717, 1.165) is 41.8 Å². The first-order valence-corrected chi connectivity index (χ1v) is 15.9. The number of carbonyl (C=O) groups excluding carboxylic acids is 2. The molecule has 1 aliphatic carbocycles. The van der Waals surface area contributed by atoms with Crippen LogP contribution in [0.25, 0.3) is 0 Å². The van der Waals surface area contributed by atoms with E-state index < -0.39 is 0 Å². The van der Waals surface area contributed by atoms with E-state index in [-0.39, 0.29) is 11.8 Å². The average molecular weight is 608 g/mol. The van der Waals surface area contributed by atoms with E-state index in [0.29, 0.717) is 86.4 Å². The lowest BCUT2D eigenvalue weighted by Gasteiger charge is -2.36. The van der Waals surface area contributed by atoms with E-state index in [1.54, 1.807) is 7.11 Å². The van der Waals surface area contributed by atoms with Crippen LogP contribution in [0, 0.1) is 12.8 Å². The van der Waals surface area contributed by atoms with Gasteiger partial charge in [0.15, 0.2) is 22.6 Å². The van der Waals surface area contributed by atoms with Crippen molar-refractivity contribution in [1.82, 2.24) is 25.1 Å². The molecule has 43 heavy (non-hydrogen) atoms. The molecule has 3 aromatic rings. The summed E-state index contributed by atoms with van der Waals surface area (Å²) in [6.07, 6.45) is 5.23. The van der Waals surface area contributed by atoms with Crippen LogP contribution in [0.2, 0.25) is 0 Å². The number of benzene rings is 1. The molecule has 1 aliphatic heterocycles. The molecule has 2 aliphatic rings. The Balaban J connectivity index is 1.37. The van der Waals surface area contributed by atoms with Crippen LogP contribution in [0.5, 0.6) is 5.75 Å². The lowest BCUT2D eigenvalue weighted by Crippen LogP contribution is -2.49. The molecule has 1 amide bonds. The number of nitrogens with zero attached hydrogens (tertiary/aromatic N) is 5. The number of H-pyrrole nitrogens is 1. The van der Waals surface area contributed by atoms with Crippen molar-refractivity contribution in [2.45, 2.75) is 62.4 Å². The fourth-order valence-electron chi connectivity index (χ4n) is 5.53. The Morgan fingerprint density at radius 2 is 1.84 bits per heavy atom. The van der Waals surface area contributed by atoms with Gasteiger partial charge >= 0.3 is 0 Å². The minimum atomic E-state index is 0.0927. The molecule has 11 nitrogen and oxygen atoms in total. The molecule has 0 spiro atoms. The number of aryl methyl sites for hydroxylation is 1. The Bertz CT molecular complexity index is 1380. The molecule has 1 saturated heterocycles. The highest BCUT2D eigenvalue weighted by Crippen LogP contribution is 2.39. The Hall–Kier alpha value is -3.64. The first-order valence-electron chi connectivity index (χ1n) is 15.1. The van der Waals surface area contributed by atoms with Gasteiger partial charge in [0.05, 0.1) is 19.6 Å². The number of nitrogens with one attached hydrogen (secondary N) is 2. The van der Waals surface area contributed by atoms with E-state index in [1.807, 2.05) is 49.1 Å². The summed E-state index contributed by atoms with van der Waals surface area (Å²) >= 11 is 1.45. The number of rotatable bonds is 13. The maximum atomic E-state index is 12.7. The lowest BCUT2D eigenvalue weighted by atomic mass is 9.97. The summed E-state index contributed by atoms with van der Waals surface area (Å²) in [6.45, 7) is 7.13. The lowest BCUT2D eigenvalue weighted by molar-refractivity contribution is -0.132. The molecule has 0 radical (unpaired) electrons. The maximum absolute atomic E-state index is 12.7. The van der Waals surface area contributed by atoms with Crippen molar-refractivity contribution in [3.8, 4) is 5.75 Å². The van der Waals surface area contributed by atoms with Gasteiger partial charge in [-0.05, 0) is 56.1 Å². The third kappa shape index (κ3) is 8.05. The van der Waals surface area contributed by atoms with Gasteiger partial charge in [-0.3, -0.25) is 14.7 Å². The molecule has 0 unspecified atom stereocenters. The van der Waals surface area contributed by atoms with E-state index >= 15 is 0 Å². The zero-order valence-electron chi connectivity index (χ0n) is 25.2. The number of methoxy groups -OCH3 is 1. The molecule has 230 valence electrons. The average Bonchev–Trinajstić information content (AvgIpc) is 3.70. The van der Waals surface area contributed by atoms with Crippen molar-refractivity contribution >= 4 is 40.9 Å². The van der Waals surface area contributed by atoms with E-state index in [4.69, 9.17) is 19.4 Å². The molecule has 0 atom stereocenters. The number of piperazine rings is 1. The van der Waals surface area contributed by atoms with Crippen LogP contribution in [0.3, 0.4) is 0 Å². The van der Waals surface area contributed by atoms with Crippen LogP contribution in [-0.2, 0) is 20.7 Å². The number of ketones is 1. The third-order valence-electron chi connectivity index (χ3n) is 7.84. The van der Waals surface area contributed by atoms with Gasteiger partial charge in [-0.25, -0.2) is 9.97 Å². The van der Waals surface area contributed by atoms with Gasteiger partial charge in [-0.1, -0.05) is 25.0 Å². The summed E-state index contributed by atoms with van der Waals surface area (Å²) in [4.78, 5) is 40.1. The number of Topliss-reactive ketones (excluding diaryl/α,β-unsaturated/α-hetero) is 1. The van der Waals surface area contributed by atoms with Crippen LogP contribution in [-0.4, -0.2) is 83.3 Å². The van der Waals surface area contributed by atoms with Crippen LogP contribution in [0.4, 0.5) is 17.5 Å². The summed E-state index contributed by atoms with van der Waals surface area (Å²) in [6, 6.07) is 10.00. The first-order chi connectivity index (χ1) is 20.9. The number of carbonyl (C=O) groups is 2. The molecule has 12 heteroatoms. The molecule has 2 aromatic heterocycles. The summed E-state index contributed by atoms with van der Waals surface area (Å²) in [7, 11) is 1.60. The second-order valence-electron chi connectivity index (χ2n) is 11.0. The molecule has 5 rings (SSSR count). The Kier molecular flexibility index (Phi) is 10.5. The topological polar surface area (TPSA) is 126 Å². The van der Waals surface area contributed by atoms with E-state index in [9.17, 15) is 9.59 Å². The maximum Gasteiger partial charge on any atom is 0.225 e. The van der Waals surface area contributed by atoms with Gasteiger partial charge in [-0.15, -0.1) is 0 Å². The molecule has 3 heterocycles. The van der Waals surface area contributed by atoms with Gasteiger partial charge in [0.2, 0.25) is 11.7 Å². The molecular weight excluding hydrogens is 566 g/mol. The van der Waals surface area contributed by atoms with Crippen LogP contribution in [0.15, 0.2) is 40.4 Å². The zero-order valence-corrected chi connectivity index (χ0v) is 26.0. The molecule has 2 fully saturated rings. The van der Waals surface area contributed by atoms with Gasteiger partial charge in [0.1, 0.15) is 5.78 Å². The van der Waals surface area contributed by atoms with Crippen molar-refractivity contribution in [3.63, 3.8) is 0 Å². The minimum Gasteiger partial charge on any atom is -0.487 e. The number of hydrogen-bond acceptors (Lipinski definition) is 10. The van der Waals surface area contributed by atoms with Crippen molar-refractivity contribution < 1.29 is 19.1 Å². The summed E-state index contributed by atoms with van der Waals surface area (Å²) < 4.78 is 11.2.